The van der Waals surface area contributed by atoms with Crippen LogP contribution in [0.1, 0.15) is 29.5 Å². The minimum atomic E-state index is -2.76. The molecule has 2 aromatic rings. The van der Waals surface area contributed by atoms with Crippen molar-refractivity contribution < 1.29 is 23.1 Å². The highest BCUT2D eigenvalue weighted by atomic mass is 32.1. The summed E-state index contributed by atoms with van der Waals surface area (Å²) in [6.45, 7) is 0. The lowest BCUT2D eigenvalue weighted by Crippen LogP contribution is -2.15. The van der Waals surface area contributed by atoms with Crippen LogP contribution in [0.25, 0.3) is 0 Å². The van der Waals surface area contributed by atoms with Gasteiger partial charge in [0, 0.05) is 0 Å². The molecule has 0 fully saturated rings. The zero-order valence-electron chi connectivity index (χ0n) is 10.5. The van der Waals surface area contributed by atoms with E-state index in [0.717, 1.165) is 6.07 Å². The zero-order valence-corrected chi connectivity index (χ0v) is 11.3. The van der Waals surface area contributed by atoms with Gasteiger partial charge in [-0.1, -0.05) is 23.5 Å². The predicted octanol–water partition coefficient (Wildman–Crippen LogP) is 2.68. The van der Waals surface area contributed by atoms with Gasteiger partial charge in [0.25, 0.3) is 6.43 Å². The summed E-state index contributed by atoms with van der Waals surface area (Å²) in [7, 11) is 0. The minimum absolute atomic E-state index is 0.0817. The standard InChI is InChI=1S/C12H10F3N3O2S/c13-7-3-1-2-6(4-7)8(19)5-9(20)16-12-18-17-11(21-12)10(14)15/h1-4,8,10,19H,5H2,(H,16,18,20). The van der Waals surface area contributed by atoms with Crippen molar-refractivity contribution in [2.24, 2.45) is 0 Å². The Morgan fingerprint density at radius 1 is 1.38 bits per heavy atom. The molecule has 1 amide bonds. The second kappa shape index (κ2) is 6.64. The lowest BCUT2D eigenvalue weighted by molar-refractivity contribution is -0.118. The van der Waals surface area contributed by atoms with Crippen LogP contribution in [0.2, 0.25) is 0 Å². The van der Waals surface area contributed by atoms with E-state index < -0.39 is 29.3 Å². The van der Waals surface area contributed by atoms with Gasteiger partial charge in [-0.2, -0.15) is 0 Å². The summed E-state index contributed by atoms with van der Waals surface area (Å²) in [5.41, 5.74) is 0.246. The molecule has 0 saturated carbocycles. The van der Waals surface area contributed by atoms with Crippen molar-refractivity contribution in [3.63, 3.8) is 0 Å². The number of nitrogens with one attached hydrogen (secondary N) is 1. The first-order valence-electron chi connectivity index (χ1n) is 5.80. The van der Waals surface area contributed by atoms with Gasteiger partial charge in [-0.05, 0) is 17.7 Å². The van der Waals surface area contributed by atoms with Crippen molar-refractivity contribution in [1.29, 1.82) is 0 Å². The molecular weight excluding hydrogens is 307 g/mol. The van der Waals surface area contributed by atoms with Gasteiger partial charge in [-0.25, -0.2) is 13.2 Å². The molecule has 1 heterocycles. The van der Waals surface area contributed by atoms with E-state index in [-0.39, 0.29) is 17.1 Å². The molecule has 2 N–H and O–H groups in total. The Labute approximate surface area is 121 Å². The van der Waals surface area contributed by atoms with E-state index in [1.54, 1.807) is 0 Å². The molecule has 112 valence electrons. The molecule has 0 spiro atoms. The van der Waals surface area contributed by atoms with Gasteiger partial charge in [0.15, 0.2) is 5.01 Å². The summed E-state index contributed by atoms with van der Waals surface area (Å²) < 4.78 is 37.6. The highest BCUT2D eigenvalue weighted by Gasteiger charge is 2.17. The Morgan fingerprint density at radius 2 is 2.14 bits per heavy atom. The van der Waals surface area contributed by atoms with Crippen molar-refractivity contribution in [2.75, 3.05) is 5.32 Å². The number of hydrogen-bond donors (Lipinski definition) is 2. The molecule has 1 aromatic carbocycles. The molecule has 1 atom stereocenters. The van der Waals surface area contributed by atoms with Crippen LogP contribution >= 0.6 is 11.3 Å². The van der Waals surface area contributed by atoms with Gasteiger partial charge in [0.05, 0.1) is 12.5 Å². The quantitative estimate of drug-likeness (QED) is 0.889. The molecule has 0 radical (unpaired) electrons. The van der Waals surface area contributed by atoms with Gasteiger partial charge in [0.1, 0.15) is 5.82 Å². The molecule has 5 nitrogen and oxygen atoms in total. The molecule has 0 saturated heterocycles. The van der Waals surface area contributed by atoms with Gasteiger partial charge >= 0.3 is 0 Å². The summed E-state index contributed by atoms with van der Waals surface area (Å²) in [6.07, 6.45) is -4.32. The topological polar surface area (TPSA) is 75.1 Å². The Kier molecular flexibility index (Phi) is 4.86. The molecule has 0 aliphatic heterocycles. The number of carbonyl (C=O) groups excluding carboxylic acids is 1. The van der Waals surface area contributed by atoms with Crippen LogP contribution in [0, 0.1) is 5.82 Å². The van der Waals surface area contributed by atoms with E-state index >= 15 is 0 Å². The number of carbonyl (C=O) groups is 1. The Hall–Kier alpha value is -2.00. The zero-order chi connectivity index (χ0) is 15.4. The van der Waals surface area contributed by atoms with E-state index in [4.69, 9.17) is 0 Å². The molecule has 0 bridgehead atoms. The van der Waals surface area contributed by atoms with E-state index in [1.807, 2.05) is 0 Å². The molecule has 9 heteroatoms. The third-order valence-electron chi connectivity index (χ3n) is 2.49. The first kappa shape index (κ1) is 15.4. The molecule has 1 unspecified atom stereocenters. The second-order valence-corrected chi connectivity index (χ2v) is 5.08. The molecule has 0 aliphatic rings. The first-order chi connectivity index (χ1) is 9.95. The summed E-state index contributed by atoms with van der Waals surface area (Å²) in [4.78, 5) is 11.6. The monoisotopic (exact) mass is 317 g/mol. The molecule has 0 aliphatic carbocycles. The molecule has 1 aromatic heterocycles. The van der Waals surface area contributed by atoms with E-state index in [0.29, 0.717) is 11.3 Å². The van der Waals surface area contributed by atoms with Crippen molar-refractivity contribution in [1.82, 2.24) is 10.2 Å². The largest absolute Gasteiger partial charge is 0.388 e. The number of benzene rings is 1. The third-order valence-corrected chi connectivity index (χ3v) is 3.33. The summed E-state index contributed by atoms with van der Waals surface area (Å²) in [6, 6.07) is 5.20. The molecule has 21 heavy (non-hydrogen) atoms. The van der Waals surface area contributed by atoms with Crippen LogP contribution in [0.3, 0.4) is 0 Å². The smallest absolute Gasteiger partial charge is 0.291 e. The van der Waals surface area contributed by atoms with E-state index in [2.05, 4.69) is 15.5 Å². The maximum absolute atomic E-state index is 13.0. The number of halogens is 3. The summed E-state index contributed by atoms with van der Waals surface area (Å²) in [5, 5.41) is 18.1. The second-order valence-electron chi connectivity index (χ2n) is 4.07. The lowest BCUT2D eigenvalue weighted by Gasteiger charge is -2.10. The number of aliphatic hydroxyl groups excluding tert-OH is 1. The number of aliphatic hydroxyl groups is 1. The van der Waals surface area contributed by atoms with Crippen molar-refractivity contribution in [2.45, 2.75) is 19.0 Å². The normalized spacial score (nSPS) is 12.4. The van der Waals surface area contributed by atoms with Crippen molar-refractivity contribution in [3.05, 3.63) is 40.7 Å². The Bertz CT molecular complexity index is 636. The number of anilines is 1. The van der Waals surface area contributed by atoms with Crippen LogP contribution < -0.4 is 5.32 Å². The van der Waals surface area contributed by atoms with Gasteiger partial charge in [0.2, 0.25) is 11.0 Å². The summed E-state index contributed by atoms with van der Waals surface area (Å²) in [5.74, 6) is -1.17. The number of nitrogens with zero attached hydrogens (tertiary/aromatic N) is 2. The maximum Gasteiger partial charge on any atom is 0.291 e. The SMILES string of the molecule is O=C(CC(O)c1cccc(F)c1)Nc1nnc(C(F)F)s1. The van der Waals surface area contributed by atoms with Gasteiger partial charge in [-0.15, -0.1) is 10.2 Å². The highest BCUT2D eigenvalue weighted by molar-refractivity contribution is 7.15. The first-order valence-corrected chi connectivity index (χ1v) is 6.62. The van der Waals surface area contributed by atoms with Gasteiger partial charge in [-0.3, -0.25) is 4.79 Å². The number of aromatic nitrogens is 2. The molecule has 2 rings (SSSR count). The van der Waals surface area contributed by atoms with Crippen LogP contribution in [0.5, 0.6) is 0 Å². The molecular formula is C12H10F3N3O2S. The Morgan fingerprint density at radius 3 is 2.76 bits per heavy atom. The van der Waals surface area contributed by atoms with Crippen LogP contribution in [0.4, 0.5) is 18.3 Å². The maximum atomic E-state index is 13.0. The fourth-order valence-electron chi connectivity index (χ4n) is 1.55. The lowest BCUT2D eigenvalue weighted by atomic mass is 10.1. The number of hydrogen-bond acceptors (Lipinski definition) is 5. The van der Waals surface area contributed by atoms with Crippen LogP contribution in [-0.4, -0.2) is 21.2 Å². The third kappa shape index (κ3) is 4.23. The number of rotatable bonds is 5. The fourth-order valence-corrected chi connectivity index (χ4v) is 2.17. The van der Waals surface area contributed by atoms with Crippen molar-refractivity contribution >= 4 is 22.4 Å². The summed E-state index contributed by atoms with van der Waals surface area (Å²) >= 11 is 0.549. The fraction of sp³-hybridized carbons (Fsp3) is 0.250. The number of alkyl halides is 2. The minimum Gasteiger partial charge on any atom is -0.388 e. The van der Waals surface area contributed by atoms with Crippen LogP contribution in [-0.2, 0) is 4.79 Å². The predicted molar refractivity (Wildman–Crippen MR) is 69.5 cm³/mol. The Balaban J connectivity index is 1.94. The van der Waals surface area contributed by atoms with E-state index in [1.165, 1.54) is 18.2 Å². The van der Waals surface area contributed by atoms with Crippen molar-refractivity contribution in [3.8, 4) is 0 Å². The van der Waals surface area contributed by atoms with Crippen LogP contribution in [0.15, 0.2) is 24.3 Å². The number of amides is 1. The van der Waals surface area contributed by atoms with E-state index in [9.17, 15) is 23.1 Å². The highest BCUT2D eigenvalue weighted by Crippen LogP contribution is 2.25. The van der Waals surface area contributed by atoms with Gasteiger partial charge < -0.3 is 10.4 Å². The average molecular weight is 317 g/mol. The average Bonchev–Trinajstić information content (AvgIpc) is 2.87.